The minimum absolute atomic E-state index is 0.443. The first-order chi connectivity index (χ1) is 8.27. The fourth-order valence-electron chi connectivity index (χ4n) is 1.83. The summed E-state index contributed by atoms with van der Waals surface area (Å²) in [6.45, 7) is 1.73. The summed E-state index contributed by atoms with van der Waals surface area (Å²) >= 11 is 6.16. The van der Waals surface area contributed by atoms with Crippen molar-refractivity contribution in [1.29, 1.82) is 0 Å². The zero-order valence-corrected chi connectivity index (χ0v) is 10.3. The molecule has 1 N–H and O–H groups in total. The van der Waals surface area contributed by atoms with Gasteiger partial charge in [-0.3, -0.25) is 4.79 Å². The van der Waals surface area contributed by atoms with Gasteiger partial charge in [-0.15, -0.1) is 0 Å². The van der Waals surface area contributed by atoms with Gasteiger partial charge in [-0.2, -0.15) is 0 Å². The van der Waals surface area contributed by atoms with Gasteiger partial charge in [-0.05, 0) is 26.1 Å². The lowest BCUT2D eigenvalue weighted by Crippen LogP contribution is -2.19. The van der Waals surface area contributed by atoms with E-state index in [9.17, 15) is 4.79 Å². The van der Waals surface area contributed by atoms with Gasteiger partial charge in [0.05, 0.1) is 5.56 Å². The normalized spacial score (nSPS) is 13.5. The van der Waals surface area contributed by atoms with Crippen molar-refractivity contribution < 1.29 is 14.3 Å². The molecule has 4 nitrogen and oxygen atoms in total. The van der Waals surface area contributed by atoms with Crippen LogP contribution in [-0.4, -0.2) is 33.1 Å². The van der Waals surface area contributed by atoms with Crippen LogP contribution in [0, 0.1) is 0 Å². The van der Waals surface area contributed by atoms with Gasteiger partial charge in [0.25, 0.3) is 0 Å². The third-order valence-electron chi connectivity index (χ3n) is 2.64. The fraction of sp³-hybridized carbons (Fsp3) is 0.417. The number of carbonyl (C=O) groups is 1. The molecule has 0 saturated heterocycles. The van der Waals surface area contributed by atoms with Gasteiger partial charge < -0.3 is 14.8 Å². The summed E-state index contributed by atoms with van der Waals surface area (Å²) in [4.78, 5) is 10.9. The van der Waals surface area contributed by atoms with Crippen molar-refractivity contribution in [1.82, 2.24) is 5.32 Å². The highest BCUT2D eigenvalue weighted by atomic mass is 35.5. The number of hydrogen-bond acceptors (Lipinski definition) is 4. The Hall–Kier alpha value is -1.26. The Morgan fingerprint density at radius 3 is 2.76 bits per heavy atom. The first-order valence-electron chi connectivity index (χ1n) is 5.48. The third kappa shape index (κ3) is 2.37. The molecule has 1 aromatic carbocycles. The molecule has 1 aliphatic rings. The van der Waals surface area contributed by atoms with E-state index >= 15 is 0 Å². The summed E-state index contributed by atoms with van der Waals surface area (Å²) < 4.78 is 11.1. The van der Waals surface area contributed by atoms with Gasteiger partial charge >= 0.3 is 0 Å². The lowest BCUT2D eigenvalue weighted by atomic mass is 10.1. The van der Waals surface area contributed by atoms with Gasteiger partial charge in [0.15, 0.2) is 17.8 Å². The molecule has 0 radical (unpaired) electrons. The van der Waals surface area contributed by atoms with Gasteiger partial charge in [0, 0.05) is 10.6 Å². The predicted molar refractivity (Wildman–Crippen MR) is 65.5 cm³/mol. The smallest absolute Gasteiger partial charge is 0.172 e. The highest BCUT2D eigenvalue weighted by molar-refractivity contribution is 6.32. The monoisotopic (exact) mass is 255 g/mol. The second kappa shape index (κ2) is 5.38. The topological polar surface area (TPSA) is 47.6 Å². The Morgan fingerprint density at radius 2 is 2.12 bits per heavy atom. The van der Waals surface area contributed by atoms with E-state index < -0.39 is 0 Å². The molecule has 1 aliphatic heterocycles. The largest absolute Gasteiger partial charge is 0.486 e. The molecule has 2 rings (SSSR count). The van der Waals surface area contributed by atoms with Crippen molar-refractivity contribution in [3.05, 3.63) is 22.2 Å². The van der Waals surface area contributed by atoms with E-state index in [-0.39, 0.29) is 0 Å². The molecule has 0 bridgehead atoms. The molecule has 92 valence electrons. The van der Waals surface area contributed by atoms with E-state index in [1.54, 1.807) is 6.07 Å². The molecule has 0 saturated carbocycles. The van der Waals surface area contributed by atoms with Crippen LogP contribution in [0.1, 0.15) is 15.9 Å². The van der Waals surface area contributed by atoms with Crippen molar-refractivity contribution in [3.8, 4) is 11.5 Å². The standard InChI is InChI=1S/C12H14ClNO3/c1-14-3-2-9-10(13)6-8(7-15)11-12(9)17-5-4-16-11/h6-7,14H,2-5H2,1H3. The quantitative estimate of drug-likeness (QED) is 0.832. The van der Waals surface area contributed by atoms with Crippen LogP contribution in [0.5, 0.6) is 11.5 Å². The molecule has 0 spiro atoms. The molecular weight excluding hydrogens is 242 g/mol. The first-order valence-corrected chi connectivity index (χ1v) is 5.86. The van der Waals surface area contributed by atoms with Crippen molar-refractivity contribution in [2.24, 2.45) is 0 Å². The van der Waals surface area contributed by atoms with Crippen molar-refractivity contribution in [2.75, 3.05) is 26.8 Å². The summed E-state index contributed by atoms with van der Waals surface area (Å²) in [5, 5.41) is 3.60. The highest BCUT2D eigenvalue weighted by Crippen LogP contribution is 2.40. The average Bonchev–Trinajstić information content (AvgIpc) is 2.37. The molecule has 0 fully saturated rings. The molecule has 0 aliphatic carbocycles. The summed E-state index contributed by atoms with van der Waals surface area (Å²) in [6.07, 6.45) is 1.47. The van der Waals surface area contributed by atoms with Crippen LogP contribution in [0.25, 0.3) is 0 Å². The van der Waals surface area contributed by atoms with Gasteiger partial charge in [0.2, 0.25) is 0 Å². The van der Waals surface area contributed by atoms with Crippen LogP contribution in [0.4, 0.5) is 0 Å². The van der Waals surface area contributed by atoms with Crippen LogP contribution in [0.15, 0.2) is 6.07 Å². The molecular formula is C12H14ClNO3. The number of ether oxygens (including phenoxy) is 2. The third-order valence-corrected chi connectivity index (χ3v) is 2.98. The number of aldehydes is 1. The summed E-state index contributed by atoms with van der Waals surface area (Å²) in [5.41, 5.74) is 1.33. The van der Waals surface area contributed by atoms with Crippen LogP contribution in [0.2, 0.25) is 5.02 Å². The Balaban J connectivity index is 2.47. The van der Waals surface area contributed by atoms with Crippen molar-refractivity contribution in [3.63, 3.8) is 0 Å². The molecule has 0 amide bonds. The van der Waals surface area contributed by atoms with E-state index in [4.69, 9.17) is 21.1 Å². The molecule has 0 atom stereocenters. The Kier molecular flexibility index (Phi) is 3.86. The fourth-order valence-corrected chi connectivity index (χ4v) is 2.12. The summed E-state index contributed by atoms with van der Waals surface area (Å²) in [7, 11) is 1.87. The lowest BCUT2D eigenvalue weighted by molar-refractivity contribution is 0.111. The van der Waals surface area contributed by atoms with Crippen LogP contribution >= 0.6 is 11.6 Å². The molecule has 1 heterocycles. The van der Waals surface area contributed by atoms with Gasteiger partial charge in [-0.1, -0.05) is 11.6 Å². The van der Waals surface area contributed by atoms with Crippen LogP contribution < -0.4 is 14.8 Å². The van der Waals surface area contributed by atoms with E-state index in [2.05, 4.69) is 5.32 Å². The molecule has 1 aromatic rings. The minimum Gasteiger partial charge on any atom is -0.486 e. The molecule has 0 unspecified atom stereocenters. The highest BCUT2D eigenvalue weighted by Gasteiger charge is 2.22. The number of benzene rings is 1. The second-order valence-corrected chi connectivity index (χ2v) is 4.16. The summed E-state index contributed by atoms with van der Waals surface area (Å²) in [6, 6.07) is 1.63. The van der Waals surface area contributed by atoms with Crippen molar-refractivity contribution >= 4 is 17.9 Å². The number of hydrogen-bond donors (Lipinski definition) is 1. The number of rotatable bonds is 4. The SMILES string of the molecule is CNCCc1c(Cl)cc(C=O)c2c1OCCO2. The first kappa shape index (κ1) is 12.2. The number of fused-ring (bicyclic) bond motifs is 1. The predicted octanol–water partition coefficient (Wildman–Crippen LogP) is 1.69. The minimum atomic E-state index is 0.443. The number of likely N-dealkylation sites (N-methyl/N-ethyl adjacent to an activating group) is 1. The average molecular weight is 256 g/mol. The summed E-state index contributed by atoms with van der Waals surface area (Å²) in [5.74, 6) is 1.13. The Bertz CT molecular complexity index is 434. The lowest BCUT2D eigenvalue weighted by Gasteiger charge is -2.23. The maximum atomic E-state index is 10.9. The number of carbonyl (C=O) groups excluding carboxylic acids is 1. The second-order valence-electron chi connectivity index (χ2n) is 3.75. The number of nitrogens with one attached hydrogen (secondary N) is 1. The maximum absolute atomic E-state index is 10.9. The Labute approximate surface area is 105 Å². The van der Waals surface area contributed by atoms with Gasteiger partial charge in [0.1, 0.15) is 13.2 Å². The van der Waals surface area contributed by atoms with E-state index in [1.807, 2.05) is 7.05 Å². The van der Waals surface area contributed by atoms with Crippen LogP contribution in [-0.2, 0) is 6.42 Å². The van der Waals surface area contributed by atoms with E-state index in [1.165, 1.54) is 0 Å². The number of halogens is 1. The maximum Gasteiger partial charge on any atom is 0.172 e. The van der Waals surface area contributed by atoms with Crippen LogP contribution in [0.3, 0.4) is 0 Å². The Morgan fingerprint density at radius 1 is 1.41 bits per heavy atom. The van der Waals surface area contributed by atoms with E-state index in [0.29, 0.717) is 35.3 Å². The zero-order chi connectivity index (χ0) is 12.3. The zero-order valence-electron chi connectivity index (χ0n) is 9.59. The van der Waals surface area contributed by atoms with E-state index in [0.717, 1.165) is 24.8 Å². The molecule has 0 aromatic heterocycles. The van der Waals surface area contributed by atoms with Gasteiger partial charge in [-0.25, -0.2) is 0 Å². The molecule has 5 heteroatoms. The molecule has 17 heavy (non-hydrogen) atoms. The van der Waals surface area contributed by atoms with Crippen molar-refractivity contribution in [2.45, 2.75) is 6.42 Å².